The lowest BCUT2D eigenvalue weighted by Gasteiger charge is -2.18. The van der Waals surface area contributed by atoms with Gasteiger partial charge < -0.3 is 10.1 Å². The molecule has 0 aromatic carbocycles. The number of nitrogens with zero attached hydrogens (tertiary/aromatic N) is 2. The number of likely N-dealkylation sites (N-methyl/N-ethyl adjacent to an activating group) is 1. The third kappa shape index (κ3) is 1.86. The van der Waals surface area contributed by atoms with Crippen molar-refractivity contribution in [3.8, 4) is 0 Å². The zero-order valence-corrected chi connectivity index (χ0v) is 7.90. The van der Waals surface area contributed by atoms with Crippen molar-refractivity contribution in [1.82, 2.24) is 14.9 Å². The second-order valence-corrected chi connectivity index (χ2v) is 3.12. The van der Waals surface area contributed by atoms with E-state index in [-0.39, 0.29) is 0 Å². The Balaban J connectivity index is 3.02. The van der Waals surface area contributed by atoms with Crippen LogP contribution >= 0.6 is 0 Å². The molecule has 1 aromatic rings. The van der Waals surface area contributed by atoms with Gasteiger partial charge in [0.2, 0.25) is 0 Å². The summed E-state index contributed by atoms with van der Waals surface area (Å²) in [4.78, 5) is 19.4. The van der Waals surface area contributed by atoms with Crippen molar-refractivity contribution in [2.24, 2.45) is 0 Å². The van der Waals surface area contributed by atoms with E-state index in [0.29, 0.717) is 5.69 Å². The summed E-state index contributed by atoms with van der Waals surface area (Å²) in [5.41, 5.74) is 1.36. The van der Waals surface area contributed by atoms with Crippen LogP contribution in [0.1, 0.15) is 17.4 Å². The lowest BCUT2D eigenvalue weighted by Crippen LogP contribution is -2.28. The molecule has 0 spiro atoms. The molecule has 1 atom stereocenters. The van der Waals surface area contributed by atoms with Crippen molar-refractivity contribution < 1.29 is 9.90 Å². The number of carboxylic acid groups (broad SMARTS) is 1. The molecule has 1 rings (SSSR count). The van der Waals surface area contributed by atoms with Crippen LogP contribution < -0.4 is 0 Å². The maximum Gasteiger partial charge on any atom is 0.327 e. The van der Waals surface area contributed by atoms with Gasteiger partial charge in [-0.1, -0.05) is 0 Å². The Morgan fingerprint density at radius 1 is 1.69 bits per heavy atom. The van der Waals surface area contributed by atoms with Crippen LogP contribution in [0, 0.1) is 6.92 Å². The van der Waals surface area contributed by atoms with E-state index in [1.807, 2.05) is 6.92 Å². The number of hydrogen-bond acceptors (Lipinski definition) is 3. The first-order valence-electron chi connectivity index (χ1n) is 3.93. The second-order valence-electron chi connectivity index (χ2n) is 3.12. The number of nitrogens with one attached hydrogen (secondary N) is 1. The molecule has 1 heterocycles. The van der Waals surface area contributed by atoms with Gasteiger partial charge in [0, 0.05) is 5.69 Å². The fourth-order valence-electron chi connectivity index (χ4n) is 1.23. The average molecular weight is 183 g/mol. The SMILES string of the molecule is Cc1[nH]cnc1C(C(=O)O)N(C)C. The molecule has 72 valence electrons. The van der Waals surface area contributed by atoms with Crippen LogP contribution in [0.2, 0.25) is 0 Å². The summed E-state index contributed by atoms with van der Waals surface area (Å²) in [5.74, 6) is -0.889. The molecule has 0 bridgehead atoms. The molecule has 0 saturated heterocycles. The van der Waals surface area contributed by atoms with Gasteiger partial charge in [-0.25, -0.2) is 4.98 Å². The number of aromatic nitrogens is 2. The van der Waals surface area contributed by atoms with E-state index < -0.39 is 12.0 Å². The van der Waals surface area contributed by atoms with Gasteiger partial charge in [-0.2, -0.15) is 0 Å². The lowest BCUT2D eigenvalue weighted by atomic mass is 10.1. The Hall–Kier alpha value is -1.36. The van der Waals surface area contributed by atoms with Gasteiger partial charge in [0.05, 0.1) is 12.0 Å². The van der Waals surface area contributed by atoms with Crippen LogP contribution in [-0.4, -0.2) is 40.0 Å². The summed E-state index contributed by atoms with van der Waals surface area (Å²) in [5, 5.41) is 8.94. The van der Waals surface area contributed by atoms with Crippen LogP contribution in [0.4, 0.5) is 0 Å². The molecule has 13 heavy (non-hydrogen) atoms. The standard InChI is InChI=1S/C8H13N3O2/c1-5-6(10-4-9-5)7(8(12)13)11(2)3/h4,7H,1-3H3,(H,9,10)(H,12,13). The highest BCUT2D eigenvalue weighted by molar-refractivity contribution is 5.75. The first-order valence-corrected chi connectivity index (χ1v) is 3.93. The lowest BCUT2D eigenvalue weighted by molar-refractivity contribution is -0.142. The fourth-order valence-corrected chi connectivity index (χ4v) is 1.23. The molecule has 0 aliphatic heterocycles. The molecule has 0 fully saturated rings. The summed E-state index contributed by atoms with van der Waals surface area (Å²) < 4.78 is 0. The minimum atomic E-state index is -0.889. The number of imidazole rings is 1. The summed E-state index contributed by atoms with van der Waals surface area (Å²) in [6, 6.07) is -0.675. The Kier molecular flexibility index (Phi) is 2.67. The fraction of sp³-hybridized carbons (Fsp3) is 0.500. The Morgan fingerprint density at radius 2 is 2.31 bits per heavy atom. The van der Waals surface area contributed by atoms with Gasteiger partial charge in [0.15, 0.2) is 6.04 Å². The van der Waals surface area contributed by atoms with Crippen LogP contribution in [0.25, 0.3) is 0 Å². The first kappa shape index (κ1) is 9.73. The minimum Gasteiger partial charge on any atom is -0.480 e. The van der Waals surface area contributed by atoms with Crippen molar-refractivity contribution in [2.75, 3.05) is 14.1 Å². The molecule has 5 heteroatoms. The van der Waals surface area contributed by atoms with Gasteiger partial charge in [0.25, 0.3) is 0 Å². The highest BCUT2D eigenvalue weighted by atomic mass is 16.4. The number of carbonyl (C=O) groups is 1. The number of aryl methyl sites for hydroxylation is 1. The average Bonchev–Trinajstić information content (AvgIpc) is 2.35. The normalized spacial score (nSPS) is 13.2. The maximum atomic E-state index is 10.9. The predicted octanol–water partition coefficient (Wildman–Crippen LogP) is 0.405. The van der Waals surface area contributed by atoms with Crippen LogP contribution in [-0.2, 0) is 4.79 Å². The van der Waals surface area contributed by atoms with Gasteiger partial charge in [-0.3, -0.25) is 9.69 Å². The van der Waals surface area contributed by atoms with Crippen molar-refractivity contribution in [3.05, 3.63) is 17.7 Å². The predicted molar refractivity (Wildman–Crippen MR) is 47.4 cm³/mol. The summed E-state index contributed by atoms with van der Waals surface area (Å²) in [6.45, 7) is 1.81. The van der Waals surface area contributed by atoms with Crippen LogP contribution in [0.3, 0.4) is 0 Å². The number of carboxylic acids is 1. The van der Waals surface area contributed by atoms with E-state index >= 15 is 0 Å². The molecule has 1 aromatic heterocycles. The molecule has 5 nitrogen and oxygen atoms in total. The number of aromatic amines is 1. The molecule has 0 saturated carbocycles. The van der Waals surface area contributed by atoms with E-state index in [1.165, 1.54) is 6.33 Å². The Labute approximate surface area is 76.4 Å². The summed E-state index contributed by atoms with van der Waals surface area (Å²) in [6.07, 6.45) is 1.50. The van der Waals surface area contributed by atoms with Gasteiger partial charge >= 0.3 is 5.97 Å². The van der Waals surface area contributed by atoms with E-state index in [4.69, 9.17) is 5.11 Å². The highest BCUT2D eigenvalue weighted by Gasteiger charge is 2.25. The number of rotatable bonds is 3. The van der Waals surface area contributed by atoms with Gasteiger partial charge in [0.1, 0.15) is 0 Å². The van der Waals surface area contributed by atoms with Crippen LogP contribution in [0.5, 0.6) is 0 Å². The molecule has 2 N–H and O–H groups in total. The maximum absolute atomic E-state index is 10.9. The van der Waals surface area contributed by atoms with Crippen molar-refractivity contribution in [3.63, 3.8) is 0 Å². The van der Waals surface area contributed by atoms with E-state index in [9.17, 15) is 4.79 Å². The summed E-state index contributed by atoms with van der Waals surface area (Å²) >= 11 is 0. The third-order valence-electron chi connectivity index (χ3n) is 1.88. The first-order chi connectivity index (χ1) is 6.04. The number of H-pyrrole nitrogens is 1. The topological polar surface area (TPSA) is 69.2 Å². The second kappa shape index (κ2) is 3.57. The van der Waals surface area contributed by atoms with Gasteiger partial charge in [-0.05, 0) is 21.0 Å². The quantitative estimate of drug-likeness (QED) is 0.712. The molecule has 0 amide bonds. The minimum absolute atomic E-state index is 0.567. The van der Waals surface area contributed by atoms with E-state index in [2.05, 4.69) is 9.97 Å². The highest BCUT2D eigenvalue weighted by Crippen LogP contribution is 2.18. The van der Waals surface area contributed by atoms with Crippen molar-refractivity contribution in [2.45, 2.75) is 13.0 Å². The molecule has 0 aliphatic carbocycles. The van der Waals surface area contributed by atoms with Crippen molar-refractivity contribution >= 4 is 5.97 Å². The van der Waals surface area contributed by atoms with E-state index in [1.54, 1.807) is 19.0 Å². The number of aliphatic carboxylic acids is 1. The molecular formula is C8H13N3O2. The molecule has 1 unspecified atom stereocenters. The molecule has 0 radical (unpaired) electrons. The monoisotopic (exact) mass is 183 g/mol. The van der Waals surface area contributed by atoms with E-state index in [0.717, 1.165) is 5.69 Å². The zero-order chi connectivity index (χ0) is 10.0. The molecule has 0 aliphatic rings. The number of hydrogen-bond donors (Lipinski definition) is 2. The summed E-state index contributed by atoms with van der Waals surface area (Å²) in [7, 11) is 3.43. The Morgan fingerprint density at radius 3 is 2.62 bits per heavy atom. The smallest absolute Gasteiger partial charge is 0.327 e. The van der Waals surface area contributed by atoms with Crippen molar-refractivity contribution in [1.29, 1.82) is 0 Å². The zero-order valence-electron chi connectivity index (χ0n) is 7.90. The Bertz CT molecular complexity index is 306. The third-order valence-corrected chi connectivity index (χ3v) is 1.88. The molecular weight excluding hydrogens is 170 g/mol. The van der Waals surface area contributed by atoms with Crippen LogP contribution in [0.15, 0.2) is 6.33 Å². The largest absolute Gasteiger partial charge is 0.480 e. The van der Waals surface area contributed by atoms with Gasteiger partial charge in [-0.15, -0.1) is 0 Å².